The van der Waals surface area contributed by atoms with E-state index in [2.05, 4.69) is 0 Å². The van der Waals surface area contributed by atoms with Crippen LogP contribution in [0.5, 0.6) is 5.75 Å². The van der Waals surface area contributed by atoms with Gasteiger partial charge in [0.2, 0.25) is 10.0 Å². The lowest BCUT2D eigenvalue weighted by Gasteiger charge is -2.26. The number of morpholine rings is 1. The summed E-state index contributed by atoms with van der Waals surface area (Å²) in [5.74, 6) is 0.566. The van der Waals surface area contributed by atoms with Crippen LogP contribution in [0.15, 0.2) is 47.4 Å². The topological polar surface area (TPSA) is 55.8 Å². The number of nitrogens with zero attached hydrogens (tertiary/aromatic N) is 1. The maximum Gasteiger partial charge on any atom is 0.243 e. The van der Waals surface area contributed by atoms with E-state index in [0.717, 1.165) is 5.56 Å². The minimum atomic E-state index is -3.52. The third-order valence-electron chi connectivity index (χ3n) is 3.80. The average molecular weight is 402 g/mol. The first-order chi connectivity index (χ1) is 12.0. The van der Waals surface area contributed by atoms with Gasteiger partial charge in [0.25, 0.3) is 0 Å². The van der Waals surface area contributed by atoms with Gasteiger partial charge in [0, 0.05) is 19.2 Å². The van der Waals surface area contributed by atoms with Crippen LogP contribution in [0, 0.1) is 0 Å². The highest BCUT2D eigenvalue weighted by Gasteiger charge is 2.26. The van der Waals surface area contributed by atoms with E-state index >= 15 is 0 Å². The normalized spacial score (nSPS) is 15.9. The molecule has 1 saturated heterocycles. The molecular weight excluding hydrogens is 385 g/mol. The van der Waals surface area contributed by atoms with E-state index in [1.54, 1.807) is 36.4 Å². The maximum absolute atomic E-state index is 12.7. The molecule has 0 saturated carbocycles. The molecule has 0 aromatic heterocycles. The third-order valence-corrected chi connectivity index (χ3v) is 6.44. The number of sulfonamides is 1. The summed E-state index contributed by atoms with van der Waals surface area (Å²) in [7, 11) is -3.52. The van der Waals surface area contributed by atoms with Crippen LogP contribution in [0.2, 0.25) is 10.0 Å². The summed E-state index contributed by atoms with van der Waals surface area (Å²) in [5.41, 5.74) is 0.750. The summed E-state index contributed by atoms with van der Waals surface area (Å²) in [6, 6.07) is 11.7. The molecule has 2 aromatic carbocycles. The Balaban J connectivity index is 1.73. The van der Waals surface area contributed by atoms with E-state index in [4.69, 9.17) is 32.7 Å². The molecule has 5 nitrogen and oxygen atoms in total. The highest BCUT2D eigenvalue weighted by molar-refractivity contribution is 7.89. The van der Waals surface area contributed by atoms with Crippen LogP contribution in [0.1, 0.15) is 5.56 Å². The number of hydrogen-bond donors (Lipinski definition) is 0. The van der Waals surface area contributed by atoms with Gasteiger partial charge in [-0.2, -0.15) is 4.31 Å². The lowest BCUT2D eigenvalue weighted by molar-refractivity contribution is 0.0730. The van der Waals surface area contributed by atoms with Gasteiger partial charge in [-0.15, -0.1) is 0 Å². The van der Waals surface area contributed by atoms with Crippen LogP contribution < -0.4 is 4.74 Å². The molecule has 0 radical (unpaired) electrons. The van der Waals surface area contributed by atoms with Gasteiger partial charge in [-0.25, -0.2) is 8.42 Å². The van der Waals surface area contributed by atoms with Gasteiger partial charge in [-0.05, 0) is 29.8 Å². The molecule has 0 aliphatic carbocycles. The van der Waals surface area contributed by atoms with Crippen molar-refractivity contribution in [2.45, 2.75) is 11.5 Å². The largest absolute Gasteiger partial charge is 0.489 e. The zero-order chi connectivity index (χ0) is 17.9. The van der Waals surface area contributed by atoms with Crippen molar-refractivity contribution < 1.29 is 17.9 Å². The molecule has 8 heteroatoms. The SMILES string of the molecule is O=S(=O)(c1cccc(COc2ccc(Cl)c(Cl)c2)c1)N1CCOCC1. The van der Waals surface area contributed by atoms with E-state index in [9.17, 15) is 8.42 Å². The minimum absolute atomic E-state index is 0.227. The summed E-state index contributed by atoms with van der Waals surface area (Å²) in [5, 5.41) is 0.857. The molecule has 25 heavy (non-hydrogen) atoms. The zero-order valence-corrected chi connectivity index (χ0v) is 15.6. The first-order valence-corrected chi connectivity index (χ1v) is 9.91. The molecule has 0 spiro atoms. The summed E-state index contributed by atoms with van der Waals surface area (Å²) in [6.07, 6.45) is 0. The Kier molecular flexibility index (Phi) is 5.86. The van der Waals surface area contributed by atoms with Gasteiger partial charge < -0.3 is 9.47 Å². The van der Waals surface area contributed by atoms with E-state index < -0.39 is 10.0 Å². The smallest absolute Gasteiger partial charge is 0.243 e. The second-order valence-electron chi connectivity index (χ2n) is 5.53. The van der Waals surface area contributed by atoms with Crippen molar-refractivity contribution in [2.24, 2.45) is 0 Å². The molecule has 1 aliphatic heterocycles. The van der Waals surface area contributed by atoms with Crippen molar-refractivity contribution in [3.63, 3.8) is 0 Å². The average Bonchev–Trinajstić information content (AvgIpc) is 2.64. The number of benzene rings is 2. The van der Waals surface area contributed by atoms with Gasteiger partial charge in [-0.3, -0.25) is 0 Å². The van der Waals surface area contributed by atoms with E-state index in [1.165, 1.54) is 4.31 Å². The van der Waals surface area contributed by atoms with E-state index in [1.807, 2.05) is 6.07 Å². The van der Waals surface area contributed by atoms with Gasteiger partial charge in [-0.1, -0.05) is 35.3 Å². The van der Waals surface area contributed by atoms with E-state index in [0.29, 0.717) is 42.1 Å². The van der Waals surface area contributed by atoms with Crippen LogP contribution in [-0.2, 0) is 21.4 Å². The first-order valence-electron chi connectivity index (χ1n) is 7.71. The van der Waals surface area contributed by atoms with Crippen molar-refractivity contribution >= 4 is 33.2 Å². The highest BCUT2D eigenvalue weighted by atomic mass is 35.5. The Morgan fingerprint density at radius 1 is 1.04 bits per heavy atom. The molecule has 0 bridgehead atoms. The minimum Gasteiger partial charge on any atom is -0.489 e. The second kappa shape index (κ2) is 7.93. The molecule has 1 aliphatic rings. The van der Waals surface area contributed by atoms with Crippen molar-refractivity contribution in [2.75, 3.05) is 26.3 Å². The molecule has 134 valence electrons. The van der Waals surface area contributed by atoms with Crippen LogP contribution in [0.4, 0.5) is 0 Å². The van der Waals surface area contributed by atoms with Gasteiger partial charge in [0.1, 0.15) is 12.4 Å². The summed E-state index contributed by atoms with van der Waals surface area (Å²) >= 11 is 11.8. The maximum atomic E-state index is 12.7. The van der Waals surface area contributed by atoms with Crippen LogP contribution in [0.25, 0.3) is 0 Å². The highest BCUT2D eigenvalue weighted by Crippen LogP contribution is 2.27. The molecule has 0 N–H and O–H groups in total. The third kappa shape index (κ3) is 4.46. The molecule has 0 unspecified atom stereocenters. The number of halogens is 2. The Morgan fingerprint density at radius 2 is 1.80 bits per heavy atom. The summed E-state index contributed by atoms with van der Waals surface area (Å²) in [4.78, 5) is 0.254. The molecule has 0 amide bonds. The van der Waals surface area contributed by atoms with Crippen molar-refractivity contribution in [1.82, 2.24) is 4.31 Å². The molecule has 1 heterocycles. The van der Waals surface area contributed by atoms with Gasteiger partial charge in [0.05, 0.1) is 28.2 Å². The fourth-order valence-electron chi connectivity index (χ4n) is 2.47. The predicted octanol–water partition coefficient (Wildman–Crippen LogP) is 3.59. The monoisotopic (exact) mass is 401 g/mol. The fourth-order valence-corrected chi connectivity index (χ4v) is 4.23. The number of ether oxygens (including phenoxy) is 2. The Labute approximate surface area is 157 Å². The quantitative estimate of drug-likeness (QED) is 0.767. The Morgan fingerprint density at radius 3 is 2.52 bits per heavy atom. The van der Waals surface area contributed by atoms with Gasteiger partial charge >= 0.3 is 0 Å². The predicted molar refractivity (Wildman–Crippen MR) is 96.8 cm³/mol. The lowest BCUT2D eigenvalue weighted by Crippen LogP contribution is -2.40. The molecule has 3 rings (SSSR count). The Hall–Kier alpha value is -1.31. The molecule has 1 fully saturated rings. The summed E-state index contributed by atoms with van der Waals surface area (Å²) < 4.78 is 37.7. The van der Waals surface area contributed by atoms with Crippen molar-refractivity contribution in [3.8, 4) is 5.75 Å². The van der Waals surface area contributed by atoms with Crippen LogP contribution >= 0.6 is 23.2 Å². The standard InChI is InChI=1S/C17H17Cl2NO4S/c18-16-5-4-14(11-17(16)19)24-12-13-2-1-3-15(10-13)25(21,22)20-6-8-23-9-7-20/h1-5,10-11H,6-9,12H2. The second-order valence-corrected chi connectivity index (χ2v) is 8.28. The molecular formula is C17H17Cl2NO4S. The fraction of sp³-hybridized carbons (Fsp3) is 0.294. The summed E-state index contributed by atoms with van der Waals surface area (Å²) in [6.45, 7) is 1.79. The molecule has 2 aromatic rings. The van der Waals surface area contributed by atoms with E-state index in [-0.39, 0.29) is 11.5 Å². The first kappa shape index (κ1) is 18.5. The van der Waals surface area contributed by atoms with Gasteiger partial charge in [0.15, 0.2) is 0 Å². The van der Waals surface area contributed by atoms with Crippen molar-refractivity contribution in [3.05, 3.63) is 58.1 Å². The zero-order valence-electron chi connectivity index (χ0n) is 13.3. The van der Waals surface area contributed by atoms with Crippen LogP contribution in [-0.4, -0.2) is 39.0 Å². The number of rotatable bonds is 5. The molecule has 0 atom stereocenters. The number of hydrogen-bond acceptors (Lipinski definition) is 4. The Bertz CT molecular complexity index is 851. The van der Waals surface area contributed by atoms with Crippen LogP contribution in [0.3, 0.4) is 0 Å². The lowest BCUT2D eigenvalue weighted by atomic mass is 10.2. The van der Waals surface area contributed by atoms with Crippen molar-refractivity contribution in [1.29, 1.82) is 0 Å².